The van der Waals surface area contributed by atoms with Crippen molar-refractivity contribution in [3.8, 4) is 0 Å². The largest absolute Gasteiger partial charge is 0.354 e. The molecule has 1 unspecified atom stereocenters. The van der Waals surface area contributed by atoms with Crippen LogP contribution in [-0.4, -0.2) is 28.3 Å². The molecule has 5 heteroatoms. The highest BCUT2D eigenvalue weighted by Gasteiger charge is 2.16. The molecule has 0 aromatic carbocycles. The molecule has 0 fully saturated rings. The van der Waals surface area contributed by atoms with Crippen molar-refractivity contribution in [2.24, 2.45) is 18.7 Å². The van der Waals surface area contributed by atoms with Crippen LogP contribution in [0.1, 0.15) is 19.5 Å². The Morgan fingerprint density at radius 2 is 2.31 bits per heavy atom. The van der Waals surface area contributed by atoms with Crippen LogP contribution in [0.25, 0.3) is 0 Å². The van der Waals surface area contributed by atoms with Crippen LogP contribution in [0.4, 0.5) is 0 Å². The lowest BCUT2D eigenvalue weighted by atomic mass is 10.1. The fourth-order valence-electron chi connectivity index (χ4n) is 1.38. The standard InChI is InChI=1S/C11H20N4O/c1-8(2)10(12)11(16)13-6-4-9-5-7-14-15(9)3/h5,7-8,10H,4,6,12H2,1-3H3,(H,13,16). The maximum Gasteiger partial charge on any atom is 0.237 e. The predicted octanol–water partition coefficient (Wildman–Crippen LogP) is 0.0621. The van der Waals surface area contributed by atoms with Crippen LogP contribution in [0.2, 0.25) is 0 Å². The number of aromatic nitrogens is 2. The Labute approximate surface area is 96.0 Å². The maximum atomic E-state index is 11.5. The van der Waals surface area contributed by atoms with E-state index in [-0.39, 0.29) is 11.8 Å². The maximum absolute atomic E-state index is 11.5. The summed E-state index contributed by atoms with van der Waals surface area (Å²) in [6.45, 7) is 4.47. The number of rotatable bonds is 5. The number of nitrogens with zero attached hydrogens (tertiary/aromatic N) is 2. The molecule has 5 nitrogen and oxygen atoms in total. The number of hydrogen-bond donors (Lipinski definition) is 2. The quantitative estimate of drug-likeness (QED) is 0.743. The average molecular weight is 224 g/mol. The zero-order chi connectivity index (χ0) is 12.1. The van der Waals surface area contributed by atoms with Gasteiger partial charge in [0.1, 0.15) is 0 Å². The fraction of sp³-hybridized carbons (Fsp3) is 0.636. The summed E-state index contributed by atoms with van der Waals surface area (Å²) in [4.78, 5) is 11.5. The molecule has 1 atom stereocenters. The summed E-state index contributed by atoms with van der Waals surface area (Å²) in [5, 5.41) is 6.88. The highest BCUT2D eigenvalue weighted by molar-refractivity contribution is 5.81. The molecule has 1 aromatic rings. The van der Waals surface area contributed by atoms with Crippen molar-refractivity contribution in [2.75, 3.05) is 6.54 Å². The van der Waals surface area contributed by atoms with Crippen LogP contribution < -0.4 is 11.1 Å². The van der Waals surface area contributed by atoms with E-state index in [1.807, 2.05) is 27.0 Å². The number of hydrogen-bond acceptors (Lipinski definition) is 3. The van der Waals surface area contributed by atoms with Gasteiger partial charge in [-0.3, -0.25) is 9.48 Å². The first kappa shape index (κ1) is 12.7. The van der Waals surface area contributed by atoms with Gasteiger partial charge >= 0.3 is 0 Å². The van der Waals surface area contributed by atoms with Crippen LogP contribution >= 0.6 is 0 Å². The van der Waals surface area contributed by atoms with E-state index in [1.165, 1.54) is 0 Å². The molecule has 16 heavy (non-hydrogen) atoms. The topological polar surface area (TPSA) is 72.9 Å². The minimum Gasteiger partial charge on any atom is -0.354 e. The third-order valence-electron chi connectivity index (χ3n) is 2.62. The molecule has 1 aromatic heterocycles. The van der Waals surface area contributed by atoms with Gasteiger partial charge < -0.3 is 11.1 Å². The molecule has 0 aliphatic rings. The van der Waals surface area contributed by atoms with Gasteiger partial charge in [-0.1, -0.05) is 13.8 Å². The fourth-order valence-corrected chi connectivity index (χ4v) is 1.38. The van der Waals surface area contributed by atoms with Crippen LogP contribution in [0.3, 0.4) is 0 Å². The van der Waals surface area contributed by atoms with Gasteiger partial charge in [0, 0.05) is 31.9 Å². The smallest absolute Gasteiger partial charge is 0.237 e. The molecule has 0 saturated heterocycles. The monoisotopic (exact) mass is 224 g/mol. The molecule has 0 aliphatic heterocycles. The van der Waals surface area contributed by atoms with Crippen LogP contribution in [0.5, 0.6) is 0 Å². The van der Waals surface area contributed by atoms with Gasteiger partial charge in [-0.15, -0.1) is 0 Å². The number of carbonyl (C=O) groups excluding carboxylic acids is 1. The number of amides is 1. The molecule has 0 bridgehead atoms. The van der Waals surface area contributed by atoms with Gasteiger partial charge in [0.25, 0.3) is 0 Å². The van der Waals surface area contributed by atoms with Crippen molar-refractivity contribution >= 4 is 5.91 Å². The minimum atomic E-state index is -0.425. The molecule has 1 heterocycles. The van der Waals surface area contributed by atoms with Crippen LogP contribution in [0.15, 0.2) is 12.3 Å². The van der Waals surface area contributed by atoms with Crippen molar-refractivity contribution < 1.29 is 4.79 Å². The molecule has 0 aliphatic carbocycles. The summed E-state index contributed by atoms with van der Waals surface area (Å²) in [7, 11) is 1.89. The highest BCUT2D eigenvalue weighted by atomic mass is 16.2. The van der Waals surface area contributed by atoms with Crippen LogP contribution in [0, 0.1) is 5.92 Å². The molecular weight excluding hydrogens is 204 g/mol. The van der Waals surface area contributed by atoms with Crippen molar-refractivity contribution in [3.05, 3.63) is 18.0 Å². The first-order chi connectivity index (χ1) is 7.52. The van der Waals surface area contributed by atoms with Gasteiger partial charge in [-0.2, -0.15) is 5.10 Å². The Bertz CT molecular complexity index is 346. The van der Waals surface area contributed by atoms with E-state index in [1.54, 1.807) is 10.9 Å². The van der Waals surface area contributed by atoms with Gasteiger partial charge in [-0.25, -0.2) is 0 Å². The summed E-state index contributed by atoms with van der Waals surface area (Å²) in [5.74, 6) is 0.0777. The lowest BCUT2D eigenvalue weighted by molar-refractivity contribution is -0.123. The zero-order valence-electron chi connectivity index (χ0n) is 10.1. The second kappa shape index (κ2) is 5.65. The van der Waals surface area contributed by atoms with Crippen molar-refractivity contribution in [1.82, 2.24) is 15.1 Å². The van der Waals surface area contributed by atoms with E-state index in [0.29, 0.717) is 6.54 Å². The minimum absolute atomic E-state index is 0.0860. The second-order valence-electron chi connectivity index (χ2n) is 4.26. The Hall–Kier alpha value is -1.36. The lowest BCUT2D eigenvalue weighted by Gasteiger charge is -2.15. The van der Waals surface area contributed by atoms with Crippen molar-refractivity contribution in [3.63, 3.8) is 0 Å². The second-order valence-corrected chi connectivity index (χ2v) is 4.26. The van der Waals surface area contributed by atoms with Crippen molar-refractivity contribution in [2.45, 2.75) is 26.3 Å². The third-order valence-corrected chi connectivity index (χ3v) is 2.62. The molecular formula is C11H20N4O. The lowest BCUT2D eigenvalue weighted by Crippen LogP contribution is -2.44. The Morgan fingerprint density at radius 1 is 1.62 bits per heavy atom. The molecule has 0 saturated carbocycles. The van der Waals surface area contributed by atoms with Gasteiger partial charge in [0.2, 0.25) is 5.91 Å². The molecule has 1 rings (SSSR count). The van der Waals surface area contributed by atoms with E-state index in [2.05, 4.69) is 10.4 Å². The number of carbonyl (C=O) groups is 1. The van der Waals surface area contributed by atoms with E-state index in [9.17, 15) is 4.79 Å². The van der Waals surface area contributed by atoms with E-state index in [4.69, 9.17) is 5.73 Å². The summed E-state index contributed by atoms with van der Waals surface area (Å²) in [6.07, 6.45) is 2.52. The molecule has 90 valence electrons. The Kier molecular flexibility index (Phi) is 4.49. The predicted molar refractivity (Wildman–Crippen MR) is 62.7 cm³/mol. The van der Waals surface area contributed by atoms with Crippen LogP contribution in [-0.2, 0) is 18.3 Å². The van der Waals surface area contributed by atoms with Crippen molar-refractivity contribution in [1.29, 1.82) is 0 Å². The van der Waals surface area contributed by atoms with Gasteiger partial charge in [0.05, 0.1) is 6.04 Å². The average Bonchev–Trinajstić information content (AvgIpc) is 2.63. The first-order valence-electron chi connectivity index (χ1n) is 5.52. The summed E-state index contributed by atoms with van der Waals surface area (Å²) >= 11 is 0. The first-order valence-corrected chi connectivity index (χ1v) is 5.52. The normalized spacial score (nSPS) is 12.8. The molecule has 3 N–H and O–H groups in total. The third kappa shape index (κ3) is 3.34. The molecule has 1 amide bonds. The van der Waals surface area contributed by atoms with Gasteiger partial charge in [-0.05, 0) is 12.0 Å². The zero-order valence-corrected chi connectivity index (χ0v) is 10.1. The Balaban J connectivity index is 2.31. The number of aryl methyl sites for hydroxylation is 1. The van der Waals surface area contributed by atoms with Gasteiger partial charge in [0.15, 0.2) is 0 Å². The van der Waals surface area contributed by atoms with E-state index in [0.717, 1.165) is 12.1 Å². The Morgan fingerprint density at radius 3 is 2.81 bits per heavy atom. The number of nitrogens with two attached hydrogens (primary N) is 1. The van der Waals surface area contributed by atoms with E-state index < -0.39 is 6.04 Å². The summed E-state index contributed by atoms with van der Waals surface area (Å²) in [6, 6.07) is 1.51. The molecule has 0 spiro atoms. The molecule has 0 radical (unpaired) electrons. The number of nitrogens with one attached hydrogen (secondary N) is 1. The summed E-state index contributed by atoms with van der Waals surface area (Å²) < 4.78 is 1.80. The van der Waals surface area contributed by atoms with E-state index >= 15 is 0 Å². The SMILES string of the molecule is CC(C)C(N)C(=O)NCCc1ccnn1C. The summed E-state index contributed by atoms with van der Waals surface area (Å²) in [5.41, 5.74) is 6.82. The highest BCUT2D eigenvalue weighted by Crippen LogP contribution is 1.99.